The van der Waals surface area contributed by atoms with Crippen LogP contribution >= 0.6 is 0 Å². The molecule has 1 aliphatic rings. The lowest BCUT2D eigenvalue weighted by Crippen LogP contribution is -2.36. The van der Waals surface area contributed by atoms with Crippen molar-refractivity contribution in [2.75, 3.05) is 36.5 Å². The fourth-order valence-corrected chi connectivity index (χ4v) is 3.19. The minimum Gasteiger partial charge on any atom is -0.475 e. The van der Waals surface area contributed by atoms with Gasteiger partial charge in [0.05, 0.1) is 19.4 Å². The Labute approximate surface area is 228 Å². The van der Waals surface area contributed by atoms with Crippen molar-refractivity contribution in [3.63, 3.8) is 0 Å². The Kier molecular flexibility index (Phi) is 11.4. The van der Waals surface area contributed by atoms with Crippen LogP contribution in [0.1, 0.15) is 29.3 Å². The summed E-state index contributed by atoms with van der Waals surface area (Å²) in [6, 6.07) is 11.6. The van der Waals surface area contributed by atoms with E-state index in [4.69, 9.17) is 24.5 Å². The number of nitrogens with zero attached hydrogens (tertiary/aromatic N) is 4. The number of imidazole rings is 1. The smallest absolute Gasteiger partial charge is 0.475 e. The van der Waals surface area contributed by atoms with E-state index in [0.29, 0.717) is 30.2 Å². The molecule has 1 amide bonds. The summed E-state index contributed by atoms with van der Waals surface area (Å²) in [5.41, 5.74) is 2.55. The van der Waals surface area contributed by atoms with Crippen LogP contribution in [0.5, 0.6) is 0 Å². The predicted octanol–water partition coefficient (Wildman–Crippen LogP) is 4.04. The number of aryl methyl sites for hydroxylation is 1. The van der Waals surface area contributed by atoms with E-state index in [1.807, 2.05) is 36.4 Å². The third-order valence-electron chi connectivity index (χ3n) is 5.12. The summed E-state index contributed by atoms with van der Waals surface area (Å²) in [4.78, 5) is 36.9. The topological polar surface area (TPSA) is 146 Å². The van der Waals surface area contributed by atoms with E-state index in [1.54, 1.807) is 10.7 Å². The number of benzene rings is 1. The molecule has 1 aliphatic heterocycles. The molecule has 11 nitrogen and oxygen atoms in total. The van der Waals surface area contributed by atoms with Gasteiger partial charge in [-0.1, -0.05) is 25.5 Å². The zero-order chi connectivity index (χ0) is 30.8. The molecule has 0 saturated carbocycles. The molecule has 0 bridgehead atoms. The van der Waals surface area contributed by atoms with Gasteiger partial charge in [0.25, 0.3) is 5.91 Å². The van der Waals surface area contributed by atoms with Crippen LogP contribution in [-0.2, 0) is 20.7 Å². The minimum absolute atomic E-state index is 0.171. The van der Waals surface area contributed by atoms with E-state index in [0.717, 1.165) is 31.7 Å². The third kappa shape index (κ3) is 10.6. The average molecular weight is 593 g/mol. The standard InChI is InChI=1S/C20H23N5O2.2C2HF3O2/c1-2-3-15-4-6-16(7-5-15)20(26)22-17-14-25-18(21-17)8-9-19(23-25)24-10-12-27-13-11-24;2*3-2(4,5)1(6)7/h4-9,14H,2-3,10-13H2,1H3,(H,22,26);2*(H,6,7). The van der Waals surface area contributed by atoms with Crippen molar-refractivity contribution < 1.29 is 55.7 Å². The van der Waals surface area contributed by atoms with E-state index in [1.165, 1.54) is 5.56 Å². The summed E-state index contributed by atoms with van der Waals surface area (Å²) in [6.45, 7) is 5.21. The van der Waals surface area contributed by atoms with E-state index in [9.17, 15) is 31.1 Å². The Morgan fingerprint density at radius 1 is 0.927 bits per heavy atom. The van der Waals surface area contributed by atoms with Gasteiger partial charge in [-0.2, -0.15) is 26.3 Å². The number of rotatable bonds is 5. The van der Waals surface area contributed by atoms with Gasteiger partial charge in [0, 0.05) is 18.7 Å². The fraction of sp³-hybridized carbons (Fsp3) is 0.375. The molecule has 2 aromatic heterocycles. The molecule has 0 spiro atoms. The molecule has 4 rings (SSSR count). The van der Waals surface area contributed by atoms with Crippen LogP contribution in [0.3, 0.4) is 0 Å². The fourth-order valence-electron chi connectivity index (χ4n) is 3.19. The SMILES string of the molecule is CCCc1ccc(C(=O)Nc2cn3nc(N4CCOCC4)ccc3n2)cc1.O=C(O)C(F)(F)F.O=C(O)C(F)(F)F. The first-order chi connectivity index (χ1) is 19.1. The molecule has 0 atom stereocenters. The number of nitrogens with one attached hydrogen (secondary N) is 1. The molecule has 0 radical (unpaired) electrons. The maximum atomic E-state index is 12.5. The summed E-state index contributed by atoms with van der Waals surface area (Å²) < 4.78 is 70.6. The summed E-state index contributed by atoms with van der Waals surface area (Å²) in [5, 5.41) is 21.7. The maximum absolute atomic E-state index is 12.5. The largest absolute Gasteiger partial charge is 0.490 e. The van der Waals surface area contributed by atoms with Crippen molar-refractivity contribution in [2.24, 2.45) is 0 Å². The molecule has 17 heteroatoms. The lowest BCUT2D eigenvalue weighted by atomic mass is 10.1. The van der Waals surface area contributed by atoms with Gasteiger partial charge in [-0.15, -0.1) is 5.10 Å². The van der Waals surface area contributed by atoms with Gasteiger partial charge in [-0.05, 0) is 36.2 Å². The maximum Gasteiger partial charge on any atom is 0.490 e. The first-order valence-corrected chi connectivity index (χ1v) is 11.8. The second-order valence-electron chi connectivity index (χ2n) is 8.23. The number of hydrogen-bond acceptors (Lipinski definition) is 7. The number of hydrogen-bond donors (Lipinski definition) is 3. The average Bonchev–Trinajstić information content (AvgIpc) is 3.31. The molecule has 1 aromatic carbocycles. The third-order valence-corrected chi connectivity index (χ3v) is 5.12. The monoisotopic (exact) mass is 593 g/mol. The summed E-state index contributed by atoms with van der Waals surface area (Å²) in [6.07, 6.45) is -6.32. The van der Waals surface area contributed by atoms with Crippen LogP contribution in [0, 0.1) is 0 Å². The summed E-state index contributed by atoms with van der Waals surface area (Å²) in [7, 11) is 0. The van der Waals surface area contributed by atoms with E-state index in [2.05, 4.69) is 27.2 Å². The molecule has 1 fully saturated rings. The number of amides is 1. The van der Waals surface area contributed by atoms with Crippen molar-refractivity contribution in [3.05, 3.63) is 53.7 Å². The number of halogens is 6. The molecular formula is C24H25F6N5O6. The van der Waals surface area contributed by atoms with E-state index < -0.39 is 24.3 Å². The molecule has 224 valence electrons. The zero-order valence-corrected chi connectivity index (χ0v) is 21.4. The van der Waals surface area contributed by atoms with Crippen molar-refractivity contribution >= 4 is 35.1 Å². The van der Waals surface area contributed by atoms with Crippen molar-refractivity contribution in [3.8, 4) is 0 Å². The molecule has 0 aliphatic carbocycles. The highest BCUT2D eigenvalue weighted by Crippen LogP contribution is 2.17. The number of morpholine rings is 1. The number of carbonyl (C=O) groups is 3. The number of aromatic nitrogens is 3. The molecule has 0 unspecified atom stereocenters. The Hall–Kier alpha value is -4.41. The Bertz CT molecular complexity index is 1300. The van der Waals surface area contributed by atoms with Crippen LogP contribution < -0.4 is 10.2 Å². The molecule has 3 N–H and O–H groups in total. The molecular weight excluding hydrogens is 568 g/mol. The van der Waals surface area contributed by atoms with Crippen LogP contribution in [0.25, 0.3) is 5.65 Å². The zero-order valence-electron chi connectivity index (χ0n) is 21.4. The number of anilines is 2. The van der Waals surface area contributed by atoms with Crippen LogP contribution in [0.2, 0.25) is 0 Å². The normalized spacial score (nSPS) is 13.4. The van der Waals surface area contributed by atoms with Gasteiger partial charge in [0.2, 0.25) is 0 Å². The summed E-state index contributed by atoms with van der Waals surface area (Å²) in [5.74, 6) is -4.31. The first-order valence-electron chi connectivity index (χ1n) is 11.8. The van der Waals surface area contributed by atoms with Crippen molar-refractivity contribution in [1.82, 2.24) is 14.6 Å². The minimum atomic E-state index is -5.08. The number of carboxylic acids is 2. The van der Waals surface area contributed by atoms with Crippen LogP contribution in [-0.4, -0.2) is 81.3 Å². The molecule has 3 heterocycles. The number of alkyl halides is 6. The predicted molar refractivity (Wildman–Crippen MR) is 132 cm³/mol. The van der Waals surface area contributed by atoms with Gasteiger partial charge in [0.15, 0.2) is 11.5 Å². The second-order valence-corrected chi connectivity index (χ2v) is 8.23. The highest BCUT2D eigenvalue weighted by atomic mass is 19.4. The first kappa shape index (κ1) is 32.8. The number of fused-ring (bicyclic) bond motifs is 1. The number of carboxylic acid groups (broad SMARTS) is 2. The van der Waals surface area contributed by atoms with Gasteiger partial charge < -0.3 is 25.2 Å². The van der Waals surface area contributed by atoms with Crippen LogP contribution in [0.4, 0.5) is 38.0 Å². The Morgan fingerprint density at radius 3 is 1.95 bits per heavy atom. The van der Waals surface area contributed by atoms with Crippen molar-refractivity contribution in [1.29, 1.82) is 0 Å². The van der Waals surface area contributed by atoms with Gasteiger partial charge in [-0.25, -0.2) is 19.1 Å². The number of aliphatic carboxylic acids is 2. The highest BCUT2D eigenvalue weighted by molar-refractivity contribution is 6.03. The molecule has 3 aromatic rings. The quantitative estimate of drug-likeness (QED) is 0.373. The molecule has 1 saturated heterocycles. The van der Waals surface area contributed by atoms with Gasteiger partial charge in [-0.3, -0.25) is 4.79 Å². The molecule has 41 heavy (non-hydrogen) atoms. The van der Waals surface area contributed by atoms with Crippen LogP contribution in [0.15, 0.2) is 42.6 Å². The van der Waals surface area contributed by atoms with Gasteiger partial charge in [0.1, 0.15) is 5.82 Å². The lowest BCUT2D eigenvalue weighted by Gasteiger charge is -2.27. The van der Waals surface area contributed by atoms with Crippen molar-refractivity contribution in [2.45, 2.75) is 32.1 Å². The van der Waals surface area contributed by atoms with E-state index >= 15 is 0 Å². The van der Waals surface area contributed by atoms with Gasteiger partial charge >= 0.3 is 24.3 Å². The number of carbonyl (C=O) groups excluding carboxylic acids is 1. The van der Waals surface area contributed by atoms with E-state index in [-0.39, 0.29) is 5.91 Å². The highest BCUT2D eigenvalue weighted by Gasteiger charge is 2.38. The lowest BCUT2D eigenvalue weighted by molar-refractivity contribution is -0.193. The Balaban J connectivity index is 0.000000349. The Morgan fingerprint density at radius 2 is 1.46 bits per heavy atom. The number of ether oxygens (including phenoxy) is 1. The summed E-state index contributed by atoms with van der Waals surface area (Å²) >= 11 is 0. The second kappa shape index (κ2) is 14.3.